The first-order chi connectivity index (χ1) is 11.6. The van der Waals surface area contributed by atoms with Crippen LogP contribution in [-0.2, 0) is 0 Å². The van der Waals surface area contributed by atoms with Gasteiger partial charge in [0.1, 0.15) is 16.9 Å². The molecule has 0 amide bonds. The molecule has 4 nitrogen and oxygen atoms in total. The van der Waals surface area contributed by atoms with E-state index in [4.69, 9.17) is 9.15 Å². The van der Waals surface area contributed by atoms with Crippen molar-refractivity contribution in [3.63, 3.8) is 0 Å². The lowest BCUT2D eigenvalue weighted by atomic mass is 10.1. The van der Waals surface area contributed by atoms with Crippen molar-refractivity contribution in [1.82, 2.24) is 0 Å². The highest BCUT2D eigenvalue weighted by molar-refractivity contribution is 9.10. The van der Waals surface area contributed by atoms with Crippen molar-refractivity contribution >= 4 is 38.8 Å². The van der Waals surface area contributed by atoms with Crippen LogP contribution in [0.15, 0.2) is 68.3 Å². The second-order valence-corrected chi connectivity index (χ2v) is 5.98. The molecule has 0 atom stereocenters. The molecule has 0 aliphatic carbocycles. The van der Waals surface area contributed by atoms with Gasteiger partial charge in [0.2, 0.25) is 0 Å². The molecule has 1 aromatic heterocycles. The Morgan fingerprint density at radius 1 is 1.17 bits per heavy atom. The van der Waals surface area contributed by atoms with Crippen LogP contribution in [0.3, 0.4) is 0 Å². The van der Waals surface area contributed by atoms with Gasteiger partial charge in [0.25, 0.3) is 0 Å². The first kappa shape index (κ1) is 16.2. The second-order valence-electron chi connectivity index (χ2n) is 5.07. The summed E-state index contributed by atoms with van der Waals surface area (Å²) in [7, 11) is 1.56. The van der Waals surface area contributed by atoms with Gasteiger partial charge in [-0.1, -0.05) is 34.1 Å². The summed E-state index contributed by atoms with van der Waals surface area (Å²) in [6.45, 7) is 0. The average molecular weight is 385 g/mol. The number of carbonyl (C=O) groups is 1. The van der Waals surface area contributed by atoms with Gasteiger partial charge in [-0.25, -0.2) is 4.79 Å². The van der Waals surface area contributed by atoms with Crippen molar-refractivity contribution < 1.29 is 13.9 Å². The summed E-state index contributed by atoms with van der Waals surface area (Å²) in [4.78, 5) is 24.4. The molecule has 0 saturated carbocycles. The number of benzene rings is 2. The lowest BCUT2D eigenvalue weighted by Gasteiger charge is -2.04. The molecular weight excluding hydrogens is 372 g/mol. The van der Waals surface area contributed by atoms with Crippen LogP contribution in [0.4, 0.5) is 0 Å². The Bertz CT molecular complexity index is 1000. The van der Waals surface area contributed by atoms with Crippen molar-refractivity contribution in [1.29, 1.82) is 0 Å². The SMILES string of the molecule is COc1ccc(Br)cc1/C=C/C(=O)c1cc2ccccc2oc1=O. The van der Waals surface area contributed by atoms with Crippen molar-refractivity contribution in [3.8, 4) is 5.75 Å². The van der Waals surface area contributed by atoms with E-state index in [9.17, 15) is 9.59 Å². The number of fused-ring (bicyclic) bond motifs is 1. The molecule has 0 aliphatic rings. The van der Waals surface area contributed by atoms with E-state index >= 15 is 0 Å². The smallest absolute Gasteiger partial charge is 0.347 e. The Balaban J connectivity index is 1.97. The van der Waals surface area contributed by atoms with Gasteiger partial charge in [0, 0.05) is 15.4 Å². The molecule has 2 aromatic carbocycles. The summed E-state index contributed by atoms with van der Waals surface area (Å²) in [5, 5.41) is 0.703. The van der Waals surface area contributed by atoms with E-state index in [0.717, 1.165) is 10.0 Å². The third-order valence-electron chi connectivity index (χ3n) is 3.51. The van der Waals surface area contributed by atoms with E-state index in [1.165, 1.54) is 6.08 Å². The predicted octanol–water partition coefficient (Wildman–Crippen LogP) is 4.46. The number of ether oxygens (including phenoxy) is 1. The van der Waals surface area contributed by atoms with E-state index in [-0.39, 0.29) is 5.56 Å². The average Bonchev–Trinajstić information content (AvgIpc) is 2.59. The van der Waals surface area contributed by atoms with E-state index in [2.05, 4.69) is 15.9 Å². The van der Waals surface area contributed by atoms with Crippen LogP contribution in [0.5, 0.6) is 5.75 Å². The number of methoxy groups -OCH3 is 1. The van der Waals surface area contributed by atoms with Gasteiger partial charge in [0.15, 0.2) is 5.78 Å². The van der Waals surface area contributed by atoms with E-state index in [1.54, 1.807) is 43.5 Å². The largest absolute Gasteiger partial charge is 0.496 e. The normalized spacial score (nSPS) is 11.1. The number of allylic oxidation sites excluding steroid dienone is 1. The number of hydrogen-bond acceptors (Lipinski definition) is 4. The predicted molar refractivity (Wildman–Crippen MR) is 96.5 cm³/mol. The number of hydrogen-bond donors (Lipinski definition) is 0. The van der Waals surface area contributed by atoms with Gasteiger partial charge in [-0.2, -0.15) is 0 Å². The minimum atomic E-state index is -0.649. The molecule has 120 valence electrons. The third kappa shape index (κ3) is 3.31. The number of para-hydroxylation sites is 1. The molecular formula is C19H13BrO4. The zero-order valence-corrected chi connectivity index (χ0v) is 14.4. The quantitative estimate of drug-likeness (QED) is 0.378. The molecule has 0 unspecified atom stereocenters. The highest BCUT2D eigenvalue weighted by Gasteiger charge is 2.11. The fraction of sp³-hybridized carbons (Fsp3) is 0.0526. The van der Waals surface area contributed by atoms with Gasteiger partial charge in [-0.3, -0.25) is 4.79 Å². The van der Waals surface area contributed by atoms with Crippen LogP contribution in [0.2, 0.25) is 0 Å². The molecule has 0 bridgehead atoms. The Morgan fingerprint density at radius 2 is 1.96 bits per heavy atom. The summed E-state index contributed by atoms with van der Waals surface area (Å²) >= 11 is 3.38. The number of rotatable bonds is 4. The minimum absolute atomic E-state index is 0.00101. The molecule has 1 heterocycles. The highest BCUT2D eigenvalue weighted by atomic mass is 79.9. The van der Waals surface area contributed by atoms with Crippen LogP contribution >= 0.6 is 15.9 Å². The fourth-order valence-electron chi connectivity index (χ4n) is 2.32. The molecule has 3 rings (SSSR count). The first-order valence-electron chi connectivity index (χ1n) is 7.17. The monoisotopic (exact) mass is 384 g/mol. The minimum Gasteiger partial charge on any atom is -0.496 e. The molecule has 0 saturated heterocycles. The highest BCUT2D eigenvalue weighted by Crippen LogP contribution is 2.24. The standard InChI is InChI=1S/C19H13BrO4/c1-23-17-9-7-14(20)10-13(17)6-8-16(21)15-11-12-4-2-3-5-18(12)24-19(15)22/h2-11H,1H3/b8-6+. The Hall–Kier alpha value is -2.66. The Labute approximate surface area is 146 Å². The molecule has 3 aromatic rings. The maximum atomic E-state index is 12.4. The van der Waals surface area contributed by atoms with Crippen molar-refractivity contribution in [3.05, 3.63) is 80.6 Å². The summed E-state index contributed by atoms with van der Waals surface area (Å²) in [5.74, 6) is 0.212. The zero-order chi connectivity index (χ0) is 17.1. The van der Waals surface area contributed by atoms with Crippen molar-refractivity contribution in [2.75, 3.05) is 7.11 Å². The molecule has 24 heavy (non-hydrogen) atoms. The first-order valence-corrected chi connectivity index (χ1v) is 7.96. The Kier molecular flexibility index (Phi) is 4.62. The molecule has 0 radical (unpaired) electrons. The zero-order valence-electron chi connectivity index (χ0n) is 12.8. The third-order valence-corrected chi connectivity index (χ3v) is 4.01. The van der Waals surface area contributed by atoms with Crippen LogP contribution in [-0.4, -0.2) is 12.9 Å². The van der Waals surface area contributed by atoms with Crippen molar-refractivity contribution in [2.24, 2.45) is 0 Å². The molecule has 0 N–H and O–H groups in total. The molecule has 0 spiro atoms. The number of halogens is 1. The summed E-state index contributed by atoms with van der Waals surface area (Å²) < 4.78 is 11.3. The topological polar surface area (TPSA) is 56.5 Å². The van der Waals surface area contributed by atoms with E-state index in [1.807, 2.05) is 18.2 Å². The van der Waals surface area contributed by atoms with Gasteiger partial charge in [0.05, 0.1) is 7.11 Å². The number of ketones is 1. The van der Waals surface area contributed by atoms with Crippen molar-refractivity contribution in [2.45, 2.75) is 0 Å². The lowest BCUT2D eigenvalue weighted by molar-refractivity contribution is 0.104. The van der Waals surface area contributed by atoms with Crippen LogP contribution in [0, 0.1) is 0 Å². The molecule has 0 fully saturated rings. The molecule has 0 aliphatic heterocycles. The molecule has 5 heteroatoms. The van der Waals surface area contributed by atoms with Crippen LogP contribution < -0.4 is 10.4 Å². The van der Waals surface area contributed by atoms with Gasteiger partial charge >= 0.3 is 5.63 Å². The van der Waals surface area contributed by atoms with Gasteiger partial charge in [-0.15, -0.1) is 0 Å². The van der Waals surface area contributed by atoms with E-state index < -0.39 is 11.4 Å². The summed E-state index contributed by atoms with van der Waals surface area (Å²) in [6, 6.07) is 14.1. The van der Waals surface area contributed by atoms with Gasteiger partial charge in [-0.05, 0) is 42.5 Å². The summed E-state index contributed by atoms with van der Waals surface area (Å²) in [5.41, 5.74) is 0.533. The van der Waals surface area contributed by atoms with E-state index in [0.29, 0.717) is 16.7 Å². The summed E-state index contributed by atoms with van der Waals surface area (Å²) in [6.07, 6.45) is 2.95. The van der Waals surface area contributed by atoms with Crippen LogP contribution in [0.25, 0.3) is 17.0 Å². The Morgan fingerprint density at radius 3 is 2.75 bits per heavy atom. The maximum Gasteiger partial charge on any atom is 0.347 e. The lowest BCUT2D eigenvalue weighted by Crippen LogP contribution is -2.11. The maximum absolute atomic E-state index is 12.4. The number of carbonyl (C=O) groups excluding carboxylic acids is 1. The van der Waals surface area contributed by atoms with Crippen LogP contribution in [0.1, 0.15) is 15.9 Å². The van der Waals surface area contributed by atoms with Gasteiger partial charge < -0.3 is 9.15 Å². The fourth-order valence-corrected chi connectivity index (χ4v) is 2.70. The second kappa shape index (κ2) is 6.84.